The average Bonchev–Trinajstić information content (AvgIpc) is 2.07. The zero-order valence-electron chi connectivity index (χ0n) is 6.55. The maximum Gasteiger partial charge on any atom is 0.123 e. The lowest BCUT2D eigenvalue weighted by atomic mass is 10.0. The van der Waals surface area contributed by atoms with Gasteiger partial charge in [0.2, 0.25) is 0 Å². The van der Waals surface area contributed by atoms with E-state index in [1.165, 1.54) is 12.1 Å². The van der Waals surface area contributed by atoms with Crippen LogP contribution in [0, 0.1) is 5.82 Å². The summed E-state index contributed by atoms with van der Waals surface area (Å²) >= 11 is 0. The van der Waals surface area contributed by atoms with Gasteiger partial charge in [0.1, 0.15) is 5.82 Å². The highest BCUT2D eigenvalue weighted by atomic mass is 19.1. The lowest BCUT2D eigenvalue weighted by molar-refractivity contribution is 0.168. The fourth-order valence-corrected chi connectivity index (χ4v) is 1.47. The van der Waals surface area contributed by atoms with Crippen molar-refractivity contribution in [2.45, 2.75) is 12.5 Å². The first-order chi connectivity index (χ1) is 5.77. The molecule has 12 heavy (non-hydrogen) atoms. The Balaban J connectivity index is 2.47. The van der Waals surface area contributed by atoms with Gasteiger partial charge in [-0.15, -0.1) is 0 Å². The van der Waals surface area contributed by atoms with Gasteiger partial charge in [0, 0.05) is 17.8 Å². The molecule has 1 aromatic carbocycles. The molecule has 0 saturated carbocycles. The molecular weight excluding hydrogens is 157 g/mol. The fourth-order valence-electron chi connectivity index (χ4n) is 1.47. The van der Waals surface area contributed by atoms with Gasteiger partial charge in [-0.2, -0.15) is 0 Å². The summed E-state index contributed by atoms with van der Waals surface area (Å²) < 4.78 is 12.7. The van der Waals surface area contributed by atoms with E-state index in [1.54, 1.807) is 6.07 Å². The molecule has 0 fully saturated rings. The van der Waals surface area contributed by atoms with Crippen LogP contribution in [0.25, 0.3) is 0 Å². The Morgan fingerprint density at radius 3 is 3.17 bits per heavy atom. The molecule has 2 N–H and O–H groups in total. The average molecular weight is 167 g/mol. The van der Waals surface area contributed by atoms with Crippen LogP contribution in [-0.2, 0) is 0 Å². The highest BCUT2D eigenvalue weighted by Gasteiger charge is 2.17. The highest BCUT2D eigenvalue weighted by Crippen LogP contribution is 2.29. The Bertz CT molecular complexity index is 301. The summed E-state index contributed by atoms with van der Waals surface area (Å²) in [6.45, 7) is 0.750. The van der Waals surface area contributed by atoms with Crippen molar-refractivity contribution in [3.63, 3.8) is 0 Å². The Morgan fingerprint density at radius 1 is 1.50 bits per heavy atom. The number of hydrogen-bond acceptors (Lipinski definition) is 2. The fraction of sp³-hybridized carbons (Fsp3) is 0.333. The maximum absolute atomic E-state index is 12.7. The molecule has 1 aromatic rings. The highest BCUT2D eigenvalue weighted by molar-refractivity contribution is 5.54. The Kier molecular flexibility index (Phi) is 1.73. The molecule has 1 heterocycles. The van der Waals surface area contributed by atoms with Gasteiger partial charge in [-0.05, 0) is 24.6 Å². The van der Waals surface area contributed by atoms with E-state index in [0.717, 1.165) is 12.2 Å². The minimum Gasteiger partial charge on any atom is -0.388 e. The molecule has 0 saturated heterocycles. The number of aliphatic hydroxyl groups is 1. The predicted octanol–water partition coefficient (Wildman–Crippen LogP) is 1.67. The van der Waals surface area contributed by atoms with E-state index in [4.69, 9.17) is 0 Å². The quantitative estimate of drug-likeness (QED) is 0.616. The summed E-state index contributed by atoms with van der Waals surface area (Å²) in [5, 5.41) is 12.6. The van der Waals surface area contributed by atoms with E-state index in [-0.39, 0.29) is 5.82 Å². The van der Waals surface area contributed by atoms with Crippen molar-refractivity contribution in [2.24, 2.45) is 0 Å². The van der Waals surface area contributed by atoms with Crippen LogP contribution in [0.15, 0.2) is 18.2 Å². The number of anilines is 1. The van der Waals surface area contributed by atoms with E-state index < -0.39 is 6.10 Å². The minimum atomic E-state index is -0.517. The van der Waals surface area contributed by atoms with Crippen LogP contribution in [0.1, 0.15) is 18.1 Å². The third-order valence-corrected chi connectivity index (χ3v) is 2.11. The van der Waals surface area contributed by atoms with Gasteiger partial charge in [0.05, 0.1) is 6.10 Å². The van der Waals surface area contributed by atoms with E-state index in [1.807, 2.05) is 0 Å². The molecule has 2 rings (SSSR count). The number of nitrogens with one attached hydrogen (secondary N) is 1. The number of aliphatic hydroxyl groups excluding tert-OH is 1. The second kappa shape index (κ2) is 2.75. The lowest BCUT2D eigenvalue weighted by Gasteiger charge is -2.22. The number of benzene rings is 1. The largest absolute Gasteiger partial charge is 0.388 e. The Morgan fingerprint density at radius 2 is 2.33 bits per heavy atom. The van der Waals surface area contributed by atoms with E-state index in [2.05, 4.69) is 5.32 Å². The summed E-state index contributed by atoms with van der Waals surface area (Å²) in [5.74, 6) is -0.295. The van der Waals surface area contributed by atoms with Gasteiger partial charge < -0.3 is 10.4 Å². The molecule has 1 aliphatic heterocycles. The summed E-state index contributed by atoms with van der Waals surface area (Å²) in [6, 6.07) is 4.43. The van der Waals surface area contributed by atoms with Crippen LogP contribution in [0.5, 0.6) is 0 Å². The Labute approximate surface area is 70.0 Å². The lowest BCUT2D eigenvalue weighted by Crippen LogP contribution is -2.16. The molecule has 3 heteroatoms. The van der Waals surface area contributed by atoms with Crippen molar-refractivity contribution in [2.75, 3.05) is 11.9 Å². The minimum absolute atomic E-state index is 0.295. The molecule has 0 amide bonds. The van der Waals surface area contributed by atoms with Crippen molar-refractivity contribution in [3.8, 4) is 0 Å². The molecular formula is C9H10FNO. The molecule has 0 unspecified atom stereocenters. The normalized spacial score (nSPS) is 21.3. The van der Waals surface area contributed by atoms with E-state index in [0.29, 0.717) is 12.0 Å². The first kappa shape index (κ1) is 7.55. The second-order valence-electron chi connectivity index (χ2n) is 2.96. The molecule has 1 atom stereocenters. The maximum atomic E-state index is 12.7. The second-order valence-corrected chi connectivity index (χ2v) is 2.96. The zero-order valence-corrected chi connectivity index (χ0v) is 6.55. The third kappa shape index (κ3) is 1.16. The molecule has 0 radical (unpaired) electrons. The summed E-state index contributed by atoms with van der Waals surface area (Å²) in [7, 11) is 0. The van der Waals surface area contributed by atoms with Crippen molar-refractivity contribution >= 4 is 5.69 Å². The molecule has 1 aliphatic rings. The SMILES string of the molecule is O[C@H]1CCNc2ccc(F)cc21. The number of halogens is 1. The molecule has 64 valence electrons. The van der Waals surface area contributed by atoms with Gasteiger partial charge in [-0.25, -0.2) is 4.39 Å². The van der Waals surface area contributed by atoms with Gasteiger partial charge in [0.15, 0.2) is 0 Å². The smallest absolute Gasteiger partial charge is 0.123 e. The van der Waals surface area contributed by atoms with Gasteiger partial charge >= 0.3 is 0 Å². The van der Waals surface area contributed by atoms with Crippen LogP contribution < -0.4 is 5.32 Å². The topological polar surface area (TPSA) is 32.3 Å². The standard InChI is InChI=1S/C9H10FNO/c10-6-1-2-8-7(5-6)9(12)3-4-11-8/h1-2,5,9,11-12H,3-4H2/t9-/m0/s1. The summed E-state index contributed by atoms with van der Waals surface area (Å²) in [4.78, 5) is 0. The van der Waals surface area contributed by atoms with Gasteiger partial charge in [-0.1, -0.05) is 0 Å². The monoisotopic (exact) mass is 167 g/mol. The predicted molar refractivity (Wildman–Crippen MR) is 44.5 cm³/mol. The van der Waals surface area contributed by atoms with E-state index in [9.17, 15) is 9.50 Å². The van der Waals surface area contributed by atoms with Crippen LogP contribution in [0.4, 0.5) is 10.1 Å². The number of rotatable bonds is 0. The number of hydrogen-bond donors (Lipinski definition) is 2. The van der Waals surface area contributed by atoms with Crippen molar-refractivity contribution in [3.05, 3.63) is 29.6 Å². The van der Waals surface area contributed by atoms with Crippen LogP contribution in [0.2, 0.25) is 0 Å². The van der Waals surface area contributed by atoms with Crippen LogP contribution >= 0.6 is 0 Å². The first-order valence-corrected chi connectivity index (χ1v) is 3.99. The van der Waals surface area contributed by atoms with Gasteiger partial charge in [0.25, 0.3) is 0 Å². The summed E-state index contributed by atoms with van der Waals surface area (Å²) in [5.41, 5.74) is 1.51. The Hall–Kier alpha value is -1.09. The summed E-state index contributed by atoms with van der Waals surface area (Å²) in [6.07, 6.45) is 0.133. The first-order valence-electron chi connectivity index (χ1n) is 3.99. The van der Waals surface area contributed by atoms with Crippen molar-refractivity contribution in [1.29, 1.82) is 0 Å². The molecule has 0 aromatic heterocycles. The molecule has 0 aliphatic carbocycles. The molecule has 2 nitrogen and oxygen atoms in total. The van der Waals surface area contributed by atoms with E-state index >= 15 is 0 Å². The van der Waals surface area contributed by atoms with Gasteiger partial charge in [-0.3, -0.25) is 0 Å². The van der Waals surface area contributed by atoms with Crippen molar-refractivity contribution < 1.29 is 9.50 Å². The zero-order chi connectivity index (χ0) is 8.55. The molecule has 0 bridgehead atoms. The van der Waals surface area contributed by atoms with Crippen LogP contribution in [0.3, 0.4) is 0 Å². The van der Waals surface area contributed by atoms with Crippen molar-refractivity contribution in [1.82, 2.24) is 0 Å². The third-order valence-electron chi connectivity index (χ3n) is 2.11. The number of fused-ring (bicyclic) bond motifs is 1. The van der Waals surface area contributed by atoms with Crippen LogP contribution in [-0.4, -0.2) is 11.7 Å². The molecule has 0 spiro atoms.